The number of nitrogens with zero attached hydrogens (tertiary/aromatic N) is 1. The zero-order chi connectivity index (χ0) is 23.2. The van der Waals surface area contributed by atoms with Gasteiger partial charge in [-0.3, -0.25) is 9.59 Å². The molecule has 0 atom stereocenters. The molecule has 4 rings (SSSR count). The molecular weight excluding hydrogens is 434 g/mol. The summed E-state index contributed by atoms with van der Waals surface area (Å²) in [5.41, 5.74) is 11.1. The van der Waals surface area contributed by atoms with Gasteiger partial charge in [0.1, 0.15) is 0 Å². The lowest BCUT2D eigenvalue weighted by Crippen LogP contribution is -2.19. The Labute approximate surface area is 196 Å². The number of amides is 1. The Morgan fingerprint density at radius 3 is 2.27 bits per heavy atom. The van der Waals surface area contributed by atoms with Crippen molar-refractivity contribution in [2.45, 2.75) is 13.3 Å². The summed E-state index contributed by atoms with van der Waals surface area (Å²) in [6.07, 6.45) is 2.07. The molecular formula is C26H23N3O3S. The molecule has 0 aliphatic carbocycles. The number of ether oxygens (including phenoxy) is 1. The van der Waals surface area contributed by atoms with Crippen LogP contribution in [0.15, 0.2) is 82.7 Å². The van der Waals surface area contributed by atoms with Crippen LogP contribution in [-0.2, 0) is 20.7 Å². The van der Waals surface area contributed by atoms with Gasteiger partial charge in [0.25, 0.3) is 5.91 Å². The molecule has 3 N–H and O–H groups in total. The maximum Gasteiger partial charge on any atom is 0.310 e. The minimum absolute atomic E-state index is 0.180. The normalized spacial score (nSPS) is 15.6. The van der Waals surface area contributed by atoms with Crippen LogP contribution in [0.5, 0.6) is 0 Å². The van der Waals surface area contributed by atoms with Gasteiger partial charge in [0.05, 0.1) is 23.6 Å². The molecule has 0 unspecified atom stereocenters. The number of esters is 1. The summed E-state index contributed by atoms with van der Waals surface area (Å²) in [5.74, 6) is -0.438. The fourth-order valence-electron chi connectivity index (χ4n) is 3.26. The predicted octanol–water partition coefficient (Wildman–Crippen LogP) is 4.93. The Bertz CT molecular complexity index is 1220. The van der Waals surface area contributed by atoms with E-state index in [2.05, 4.69) is 10.3 Å². The summed E-state index contributed by atoms with van der Waals surface area (Å²) in [4.78, 5) is 29.1. The molecule has 0 radical (unpaired) electrons. The minimum Gasteiger partial charge on any atom is -0.466 e. The highest BCUT2D eigenvalue weighted by Gasteiger charge is 2.23. The van der Waals surface area contributed by atoms with E-state index in [1.807, 2.05) is 78.9 Å². The van der Waals surface area contributed by atoms with E-state index < -0.39 is 0 Å². The number of carbonyl (C=O) groups is 2. The van der Waals surface area contributed by atoms with Gasteiger partial charge in [-0.1, -0.05) is 48.5 Å². The van der Waals surface area contributed by atoms with Crippen molar-refractivity contribution in [3.63, 3.8) is 0 Å². The molecule has 0 bridgehead atoms. The van der Waals surface area contributed by atoms with E-state index in [9.17, 15) is 9.59 Å². The fraction of sp³-hybridized carbons (Fsp3) is 0.115. The van der Waals surface area contributed by atoms with Crippen LogP contribution in [0.25, 0.3) is 17.2 Å². The van der Waals surface area contributed by atoms with Crippen molar-refractivity contribution < 1.29 is 14.3 Å². The number of hydrogen-bond donors (Lipinski definition) is 2. The molecule has 0 spiro atoms. The number of carbonyl (C=O) groups excluding carboxylic acids is 2. The van der Waals surface area contributed by atoms with Gasteiger partial charge < -0.3 is 15.8 Å². The Morgan fingerprint density at radius 1 is 1.00 bits per heavy atom. The number of benzene rings is 3. The topological polar surface area (TPSA) is 93.8 Å². The maximum atomic E-state index is 12.4. The van der Waals surface area contributed by atoms with Crippen LogP contribution < -0.4 is 11.1 Å². The van der Waals surface area contributed by atoms with Crippen molar-refractivity contribution >= 4 is 46.3 Å². The number of rotatable bonds is 6. The highest BCUT2D eigenvalue weighted by Crippen LogP contribution is 2.29. The van der Waals surface area contributed by atoms with Crippen molar-refractivity contribution in [2.75, 3.05) is 12.3 Å². The Balaban J connectivity index is 1.42. The summed E-state index contributed by atoms with van der Waals surface area (Å²) < 4.78 is 4.96. The average molecular weight is 458 g/mol. The second kappa shape index (κ2) is 10.2. The quantitative estimate of drug-likeness (QED) is 0.311. The number of nitrogen functional groups attached to an aromatic ring is 1. The summed E-state index contributed by atoms with van der Waals surface area (Å²) in [5, 5.41) is 3.32. The molecule has 33 heavy (non-hydrogen) atoms. The van der Waals surface area contributed by atoms with Gasteiger partial charge in [0.15, 0.2) is 5.17 Å². The second-order valence-corrected chi connectivity index (χ2v) is 8.40. The number of thioether (sulfide) groups is 1. The van der Waals surface area contributed by atoms with Gasteiger partial charge in [-0.25, -0.2) is 4.99 Å². The number of anilines is 1. The van der Waals surface area contributed by atoms with E-state index in [4.69, 9.17) is 10.5 Å². The van der Waals surface area contributed by atoms with Gasteiger partial charge >= 0.3 is 5.97 Å². The third kappa shape index (κ3) is 5.90. The minimum atomic E-state index is -0.258. The van der Waals surface area contributed by atoms with Crippen LogP contribution >= 0.6 is 11.8 Å². The van der Waals surface area contributed by atoms with Gasteiger partial charge in [0.2, 0.25) is 0 Å². The molecule has 0 aromatic heterocycles. The predicted molar refractivity (Wildman–Crippen MR) is 134 cm³/mol. The summed E-state index contributed by atoms with van der Waals surface area (Å²) in [6, 6.07) is 23.0. The SMILES string of the molecule is CCOC(=O)Cc1ccc(N=C2NC(=O)/C(=C\c3ccc(-c4ccc(N)cc4)cc3)S2)cc1. The van der Waals surface area contributed by atoms with Gasteiger partial charge in [0, 0.05) is 5.69 Å². The lowest BCUT2D eigenvalue weighted by molar-refractivity contribution is -0.142. The molecule has 3 aromatic carbocycles. The highest BCUT2D eigenvalue weighted by molar-refractivity contribution is 8.18. The Hall–Kier alpha value is -3.84. The first-order valence-corrected chi connectivity index (χ1v) is 11.3. The van der Waals surface area contributed by atoms with Crippen LogP contribution in [0.4, 0.5) is 11.4 Å². The summed E-state index contributed by atoms with van der Waals surface area (Å²) >= 11 is 1.29. The van der Waals surface area contributed by atoms with Crippen molar-refractivity contribution in [2.24, 2.45) is 4.99 Å². The van der Waals surface area contributed by atoms with Gasteiger partial charge in [-0.2, -0.15) is 0 Å². The number of hydrogen-bond acceptors (Lipinski definition) is 6. The zero-order valence-corrected chi connectivity index (χ0v) is 18.9. The van der Waals surface area contributed by atoms with E-state index in [1.165, 1.54) is 11.8 Å². The van der Waals surface area contributed by atoms with E-state index >= 15 is 0 Å². The first-order chi connectivity index (χ1) is 16.0. The lowest BCUT2D eigenvalue weighted by atomic mass is 10.0. The molecule has 1 fully saturated rings. The summed E-state index contributed by atoms with van der Waals surface area (Å²) in [6.45, 7) is 2.15. The number of amidine groups is 1. The highest BCUT2D eigenvalue weighted by atomic mass is 32.2. The van der Waals surface area contributed by atoms with Crippen molar-refractivity contribution in [3.8, 4) is 11.1 Å². The lowest BCUT2D eigenvalue weighted by Gasteiger charge is -2.03. The molecule has 1 aliphatic heterocycles. The first-order valence-electron chi connectivity index (χ1n) is 10.5. The van der Waals surface area contributed by atoms with Crippen LogP contribution in [0.3, 0.4) is 0 Å². The second-order valence-electron chi connectivity index (χ2n) is 7.37. The number of nitrogens with one attached hydrogen (secondary N) is 1. The van der Waals surface area contributed by atoms with E-state index in [-0.39, 0.29) is 18.3 Å². The third-order valence-corrected chi connectivity index (χ3v) is 5.83. The van der Waals surface area contributed by atoms with E-state index in [0.717, 1.165) is 27.9 Å². The van der Waals surface area contributed by atoms with Crippen LogP contribution in [-0.4, -0.2) is 23.7 Å². The molecule has 6 nitrogen and oxygen atoms in total. The fourth-order valence-corrected chi connectivity index (χ4v) is 4.11. The standard InChI is InChI=1S/C26H23N3O3S/c1-2-32-24(30)16-18-5-13-22(14-6-18)28-26-29-25(31)23(33-26)15-17-3-7-19(8-4-17)20-9-11-21(27)12-10-20/h3-15H,2,16,27H2,1H3,(H,28,29,31)/b23-15+. The maximum absolute atomic E-state index is 12.4. The van der Waals surface area contributed by atoms with Crippen LogP contribution in [0.2, 0.25) is 0 Å². The number of nitrogens with two attached hydrogens (primary N) is 1. The molecule has 1 saturated heterocycles. The van der Waals surface area contributed by atoms with E-state index in [0.29, 0.717) is 22.4 Å². The molecule has 3 aromatic rings. The van der Waals surface area contributed by atoms with Crippen LogP contribution in [0, 0.1) is 0 Å². The average Bonchev–Trinajstić information content (AvgIpc) is 3.15. The smallest absolute Gasteiger partial charge is 0.310 e. The molecule has 166 valence electrons. The van der Waals surface area contributed by atoms with Crippen LogP contribution in [0.1, 0.15) is 18.1 Å². The molecule has 1 aliphatic rings. The van der Waals surface area contributed by atoms with Crippen molar-refractivity contribution in [1.29, 1.82) is 0 Å². The molecule has 1 heterocycles. The van der Waals surface area contributed by atoms with Gasteiger partial charge in [-0.05, 0) is 71.3 Å². The van der Waals surface area contributed by atoms with E-state index in [1.54, 1.807) is 6.92 Å². The molecule has 7 heteroatoms. The largest absolute Gasteiger partial charge is 0.466 e. The van der Waals surface area contributed by atoms with Crippen molar-refractivity contribution in [1.82, 2.24) is 5.32 Å². The third-order valence-electron chi connectivity index (χ3n) is 4.92. The first kappa shape index (κ1) is 22.4. The molecule has 1 amide bonds. The molecule has 0 saturated carbocycles. The Kier molecular flexibility index (Phi) is 6.90. The van der Waals surface area contributed by atoms with Gasteiger partial charge in [-0.15, -0.1) is 0 Å². The summed E-state index contributed by atoms with van der Waals surface area (Å²) in [7, 11) is 0. The monoisotopic (exact) mass is 457 g/mol. The van der Waals surface area contributed by atoms with Crippen molar-refractivity contribution in [3.05, 3.63) is 88.8 Å². The Morgan fingerprint density at radius 2 is 1.64 bits per heavy atom. The zero-order valence-electron chi connectivity index (χ0n) is 18.1. The number of aliphatic imine (C=N–C) groups is 1.